The van der Waals surface area contributed by atoms with Gasteiger partial charge in [0, 0.05) is 0 Å². The lowest BCUT2D eigenvalue weighted by molar-refractivity contribution is -0.122. The molecular weight excluding hydrogens is 579 g/mol. The van der Waals surface area contributed by atoms with E-state index in [4.69, 9.17) is 34.8 Å². The molecule has 0 radical (unpaired) electrons. The van der Waals surface area contributed by atoms with Crippen molar-refractivity contribution in [2.24, 2.45) is 0 Å². The zero-order valence-corrected chi connectivity index (χ0v) is 21.0. The lowest BCUT2D eigenvalue weighted by atomic mass is 9.94. The van der Waals surface area contributed by atoms with Gasteiger partial charge in [-0.2, -0.15) is 26.3 Å². The van der Waals surface area contributed by atoms with E-state index in [0.29, 0.717) is 0 Å². The Balaban J connectivity index is 2.01. The first-order valence-corrected chi connectivity index (χ1v) is 11.7. The van der Waals surface area contributed by atoms with E-state index in [1.807, 2.05) is 0 Å². The first-order valence-electron chi connectivity index (χ1n) is 10.6. The van der Waals surface area contributed by atoms with Crippen LogP contribution in [0.5, 0.6) is 0 Å². The van der Waals surface area contributed by atoms with Crippen LogP contribution in [0.3, 0.4) is 0 Å². The molecule has 0 fully saturated rings. The van der Waals surface area contributed by atoms with Gasteiger partial charge in [-0.3, -0.25) is 9.69 Å². The van der Waals surface area contributed by atoms with Crippen molar-refractivity contribution in [3.63, 3.8) is 0 Å². The Labute approximate surface area is 227 Å². The number of amides is 1. The van der Waals surface area contributed by atoms with Crippen LogP contribution in [-0.4, -0.2) is 18.3 Å². The zero-order valence-electron chi connectivity index (χ0n) is 18.7. The number of alkyl halides is 6. The van der Waals surface area contributed by atoms with E-state index in [9.17, 15) is 31.1 Å². The number of anilines is 3. The maximum atomic E-state index is 14.4. The molecule has 38 heavy (non-hydrogen) atoms. The summed E-state index contributed by atoms with van der Waals surface area (Å²) in [6.45, 7) is 0. The number of nitrogens with one attached hydrogen (secondary N) is 2. The lowest BCUT2D eigenvalue weighted by Crippen LogP contribution is -2.49. The van der Waals surface area contributed by atoms with Crippen LogP contribution in [0.15, 0.2) is 95.5 Å². The highest BCUT2D eigenvalue weighted by molar-refractivity contribution is 6.35. The third-order valence-electron chi connectivity index (χ3n) is 5.30. The van der Waals surface area contributed by atoms with Crippen LogP contribution in [0.1, 0.15) is 0 Å². The second-order valence-electron chi connectivity index (χ2n) is 7.77. The van der Waals surface area contributed by atoms with Gasteiger partial charge in [-0.25, -0.2) is 0 Å². The maximum absolute atomic E-state index is 14.4. The fourth-order valence-electron chi connectivity index (χ4n) is 3.65. The van der Waals surface area contributed by atoms with E-state index in [2.05, 4.69) is 5.32 Å². The molecular formula is C25H14Cl3F6N3O. The van der Waals surface area contributed by atoms with Gasteiger partial charge in [0.2, 0.25) is 0 Å². The topological polar surface area (TPSA) is 44.4 Å². The van der Waals surface area contributed by atoms with Crippen molar-refractivity contribution in [2.45, 2.75) is 12.4 Å². The molecule has 4 rings (SSSR count). The molecule has 0 saturated carbocycles. The molecule has 13 heteroatoms. The van der Waals surface area contributed by atoms with Crippen LogP contribution < -0.4 is 15.5 Å². The predicted octanol–water partition coefficient (Wildman–Crippen LogP) is 8.81. The molecule has 1 heterocycles. The Bertz CT molecular complexity index is 1470. The third-order valence-corrected chi connectivity index (χ3v) is 6.28. The number of allylic oxidation sites excluding steroid dienone is 1. The van der Waals surface area contributed by atoms with E-state index in [-0.39, 0.29) is 26.4 Å². The van der Waals surface area contributed by atoms with Crippen molar-refractivity contribution >= 4 is 57.8 Å². The minimum absolute atomic E-state index is 0.0267. The quantitative estimate of drug-likeness (QED) is 0.281. The van der Waals surface area contributed by atoms with E-state index < -0.39 is 46.6 Å². The summed E-state index contributed by atoms with van der Waals surface area (Å²) < 4.78 is 85.9. The Morgan fingerprint density at radius 1 is 0.684 bits per heavy atom. The predicted molar refractivity (Wildman–Crippen MR) is 135 cm³/mol. The zero-order chi connectivity index (χ0) is 27.8. The molecule has 0 aromatic heterocycles. The highest BCUT2D eigenvalue weighted by atomic mass is 35.5. The van der Waals surface area contributed by atoms with Gasteiger partial charge in [-0.15, -0.1) is 0 Å². The second kappa shape index (κ2) is 10.4. The molecule has 4 nitrogen and oxygen atoms in total. The SMILES string of the molecule is O=C1C(/C(=C(\Nc2ccccc2Cl)C(F)(F)F)C(F)(F)F)=C(Nc2ccccc2Cl)N1c1ccccc1Cl. The number of carbonyl (C=O) groups is 1. The van der Waals surface area contributed by atoms with Crippen molar-refractivity contribution < 1.29 is 31.1 Å². The standard InChI is InChI=1S/C25H14Cl3F6N3O/c26-13-7-1-4-10-16(13)35-21(25(32,33)34)20(24(29,30)31)19-22(36-17-11-5-2-8-14(17)27)37(23(19)38)18-12-6-3-9-15(18)28/h1-12,35-36H/b21-20+. The van der Waals surface area contributed by atoms with Crippen molar-refractivity contribution in [3.8, 4) is 0 Å². The Kier molecular flexibility index (Phi) is 7.60. The minimum atomic E-state index is -5.63. The van der Waals surface area contributed by atoms with Crippen molar-refractivity contribution in [1.82, 2.24) is 0 Å². The first-order chi connectivity index (χ1) is 17.8. The largest absolute Gasteiger partial charge is 0.431 e. The van der Waals surface area contributed by atoms with E-state index in [1.54, 1.807) is 5.32 Å². The van der Waals surface area contributed by atoms with Crippen molar-refractivity contribution in [2.75, 3.05) is 15.5 Å². The second-order valence-corrected chi connectivity index (χ2v) is 8.99. The van der Waals surface area contributed by atoms with Crippen LogP contribution >= 0.6 is 34.8 Å². The van der Waals surface area contributed by atoms with Gasteiger partial charge in [-0.05, 0) is 36.4 Å². The number of para-hydroxylation sites is 3. The normalized spacial score (nSPS) is 14.8. The molecule has 3 aromatic rings. The van der Waals surface area contributed by atoms with E-state index >= 15 is 0 Å². The summed E-state index contributed by atoms with van der Waals surface area (Å²) in [5.41, 5.74) is -6.19. The molecule has 0 bridgehead atoms. The van der Waals surface area contributed by atoms with Gasteiger partial charge in [0.25, 0.3) is 5.91 Å². The summed E-state index contributed by atoms with van der Waals surface area (Å²) in [5, 5.41) is 4.07. The number of hydrogen-bond acceptors (Lipinski definition) is 3. The van der Waals surface area contributed by atoms with Gasteiger partial charge < -0.3 is 10.6 Å². The smallest absolute Gasteiger partial charge is 0.350 e. The van der Waals surface area contributed by atoms with Crippen LogP contribution in [-0.2, 0) is 4.79 Å². The summed E-state index contributed by atoms with van der Waals surface area (Å²) in [6, 6.07) is 16.4. The molecule has 2 N–H and O–H groups in total. The van der Waals surface area contributed by atoms with Gasteiger partial charge >= 0.3 is 12.4 Å². The summed E-state index contributed by atoms with van der Waals surface area (Å²) >= 11 is 18.2. The minimum Gasteiger partial charge on any atom is -0.350 e. The molecule has 0 saturated heterocycles. The monoisotopic (exact) mass is 591 g/mol. The van der Waals surface area contributed by atoms with Crippen molar-refractivity contribution in [3.05, 3.63) is 111 Å². The van der Waals surface area contributed by atoms with Gasteiger partial charge in [0.05, 0.1) is 37.7 Å². The Hall–Kier alpha value is -3.34. The lowest BCUT2D eigenvalue weighted by Gasteiger charge is -2.39. The molecule has 198 valence electrons. The number of nitrogens with zero attached hydrogens (tertiary/aromatic N) is 1. The average Bonchev–Trinajstić information content (AvgIpc) is 2.83. The highest BCUT2D eigenvalue weighted by Crippen LogP contribution is 2.48. The van der Waals surface area contributed by atoms with Crippen molar-refractivity contribution in [1.29, 1.82) is 0 Å². The fourth-order valence-corrected chi connectivity index (χ4v) is 4.24. The summed E-state index contributed by atoms with van der Waals surface area (Å²) in [4.78, 5) is 14.0. The number of rotatable bonds is 6. The molecule has 1 aliphatic rings. The summed E-state index contributed by atoms with van der Waals surface area (Å²) in [7, 11) is 0. The number of halogens is 9. The number of hydrogen-bond donors (Lipinski definition) is 2. The Morgan fingerprint density at radius 2 is 1.18 bits per heavy atom. The number of carbonyl (C=O) groups excluding carboxylic acids is 1. The molecule has 0 aliphatic carbocycles. The van der Waals surface area contributed by atoms with Gasteiger partial charge in [0.1, 0.15) is 17.1 Å². The summed E-state index contributed by atoms with van der Waals surface area (Å²) in [6.07, 6.45) is -11.2. The van der Waals surface area contributed by atoms with E-state index in [0.717, 1.165) is 11.0 Å². The van der Waals surface area contributed by atoms with E-state index in [1.165, 1.54) is 66.7 Å². The summed E-state index contributed by atoms with van der Waals surface area (Å²) in [5.74, 6) is -1.98. The van der Waals surface area contributed by atoms with Crippen LogP contribution in [0.25, 0.3) is 0 Å². The Morgan fingerprint density at radius 3 is 1.68 bits per heavy atom. The van der Waals surface area contributed by atoms with Crippen LogP contribution in [0, 0.1) is 0 Å². The van der Waals surface area contributed by atoms with Crippen LogP contribution in [0.2, 0.25) is 15.1 Å². The van der Waals surface area contributed by atoms with Crippen LogP contribution in [0.4, 0.5) is 43.4 Å². The number of benzene rings is 3. The molecule has 1 amide bonds. The molecule has 0 unspecified atom stereocenters. The van der Waals surface area contributed by atoms with Gasteiger partial charge in [-0.1, -0.05) is 71.2 Å². The van der Waals surface area contributed by atoms with Gasteiger partial charge in [0.15, 0.2) is 0 Å². The molecule has 3 aromatic carbocycles. The maximum Gasteiger partial charge on any atom is 0.431 e. The molecule has 0 atom stereocenters. The average molecular weight is 593 g/mol. The molecule has 1 aliphatic heterocycles. The fraction of sp³-hybridized carbons (Fsp3) is 0.0800. The highest BCUT2D eigenvalue weighted by Gasteiger charge is 2.54. The first kappa shape index (κ1) is 27.7. The third kappa shape index (κ3) is 5.43. The molecule has 0 spiro atoms.